The molecule has 5 nitrogen and oxygen atoms in total. The van der Waals surface area contributed by atoms with E-state index in [2.05, 4.69) is 10.3 Å². The Morgan fingerprint density at radius 3 is 2.87 bits per heavy atom. The smallest absolute Gasteiger partial charge is 0.250 e. The Morgan fingerprint density at radius 1 is 1.48 bits per heavy atom. The fourth-order valence-corrected chi connectivity index (χ4v) is 2.86. The molecule has 2 aromatic rings. The van der Waals surface area contributed by atoms with E-state index in [9.17, 15) is 4.79 Å². The first-order valence-electron chi connectivity index (χ1n) is 6.95. The van der Waals surface area contributed by atoms with Crippen LogP contribution in [0.1, 0.15) is 18.2 Å². The number of hydrogen-bond acceptors (Lipinski definition) is 5. The van der Waals surface area contributed by atoms with Crippen LogP contribution in [-0.2, 0) is 4.79 Å². The van der Waals surface area contributed by atoms with Gasteiger partial charge in [-0.05, 0) is 37.6 Å². The highest BCUT2D eigenvalue weighted by Crippen LogP contribution is 2.36. The molecule has 23 heavy (non-hydrogen) atoms. The van der Waals surface area contributed by atoms with Gasteiger partial charge in [0.1, 0.15) is 0 Å². The number of aromatic nitrogens is 1. The molecule has 122 valence electrons. The predicted molar refractivity (Wildman–Crippen MR) is 93.7 cm³/mol. The van der Waals surface area contributed by atoms with Crippen LogP contribution in [0.15, 0.2) is 23.6 Å². The Hall–Kier alpha value is -2.05. The quantitative estimate of drug-likeness (QED) is 0.793. The zero-order valence-corrected chi connectivity index (χ0v) is 14.6. The number of aryl methyl sites for hydroxylation is 1. The highest BCUT2D eigenvalue weighted by atomic mass is 35.5. The Kier molecular flexibility index (Phi) is 6.01. The van der Waals surface area contributed by atoms with E-state index >= 15 is 0 Å². The lowest BCUT2D eigenvalue weighted by atomic mass is 10.2. The summed E-state index contributed by atoms with van der Waals surface area (Å²) in [6.07, 6.45) is 3.08. The molecule has 2 rings (SSSR count). The van der Waals surface area contributed by atoms with E-state index < -0.39 is 0 Å². The van der Waals surface area contributed by atoms with Gasteiger partial charge in [-0.15, -0.1) is 11.3 Å². The molecule has 0 bridgehead atoms. The van der Waals surface area contributed by atoms with Gasteiger partial charge in [-0.3, -0.25) is 10.1 Å². The Balaban J connectivity index is 2.13. The largest absolute Gasteiger partial charge is 0.491 e. The topological polar surface area (TPSA) is 60.5 Å². The van der Waals surface area contributed by atoms with Crippen molar-refractivity contribution in [2.45, 2.75) is 13.8 Å². The number of nitrogens with zero attached hydrogens (tertiary/aromatic N) is 1. The summed E-state index contributed by atoms with van der Waals surface area (Å²) < 4.78 is 10.7. The van der Waals surface area contributed by atoms with Gasteiger partial charge in [0.05, 0.1) is 24.4 Å². The maximum atomic E-state index is 11.9. The number of ether oxygens (including phenoxy) is 2. The van der Waals surface area contributed by atoms with E-state index in [1.54, 1.807) is 18.2 Å². The van der Waals surface area contributed by atoms with Crippen molar-refractivity contribution in [3.63, 3.8) is 0 Å². The minimum Gasteiger partial charge on any atom is -0.491 e. The molecule has 1 aromatic heterocycles. The second-order valence-corrected chi connectivity index (χ2v) is 5.85. The summed E-state index contributed by atoms with van der Waals surface area (Å²) in [4.78, 5) is 16.1. The summed E-state index contributed by atoms with van der Waals surface area (Å²) in [6.45, 7) is 4.24. The average Bonchev–Trinajstić information content (AvgIpc) is 2.90. The van der Waals surface area contributed by atoms with Crippen molar-refractivity contribution in [1.29, 1.82) is 0 Å². The van der Waals surface area contributed by atoms with Crippen molar-refractivity contribution in [2.75, 3.05) is 19.0 Å². The zero-order chi connectivity index (χ0) is 16.8. The lowest BCUT2D eigenvalue weighted by Crippen LogP contribution is -2.07. The number of nitrogens with one attached hydrogen (secondary N) is 1. The Bertz CT molecular complexity index is 728. The fraction of sp³-hybridized carbons (Fsp3) is 0.250. The van der Waals surface area contributed by atoms with Crippen LogP contribution in [0.5, 0.6) is 11.5 Å². The molecule has 0 aliphatic heterocycles. The van der Waals surface area contributed by atoms with Gasteiger partial charge in [0, 0.05) is 11.5 Å². The minimum atomic E-state index is -0.260. The molecule has 0 saturated carbocycles. The third kappa shape index (κ3) is 4.71. The summed E-state index contributed by atoms with van der Waals surface area (Å²) in [6, 6.07) is 3.48. The van der Waals surface area contributed by atoms with E-state index in [0.29, 0.717) is 28.3 Å². The van der Waals surface area contributed by atoms with Crippen LogP contribution >= 0.6 is 22.9 Å². The van der Waals surface area contributed by atoms with E-state index in [0.717, 1.165) is 11.3 Å². The van der Waals surface area contributed by atoms with Crippen LogP contribution in [0.2, 0.25) is 5.02 Å². The number of hydrogen-bond donors (Lipinski definition) is 1. The van der Waals surface area contributed by atoms with Gasteiger partial charge >= 0.3 is 0 Å². The van der Waals surface area contributed by atoms with Gasteiger partial charge in [-0.1, -0.05) is 11.6 Å². The first-order chi connectivity index (χ1) is 11.0. The van der Waals surface area contributed by atoms with Gasteiger partial charge in [-0.2, -0.15) is 0 Å². The van der Waals surface area contributed by atoms with Gasteiger partial charge < -0.3 is 9.47 Å². The second-order valence-electron chi connectivity index (χ2n) is 4.58. The first kappa shape index (κ1) is 17.3. The average molecular weight is 353 g/mol. The number of thiazole rings is 1. The van der Waals surface area contributed by atoms with Gasteiger partial charge in [0.15, 0.2) is 16.6 Å². The van der Waals surface area contributed by atoms with Crippen LogP contribution < -0.4 is 14.8 Å². The normalized spacial score (nSPS) is 10.8. The van der Waals surface area contributed by atoms with Gasteiger partial charge in [-0.25, -0.2) is 4.98 Å². The van der Waals surface area contributed by atoms with E-state index in [4.69, 9.17) is 21.1 Å². The number of carbonyl (C=O) groups is 1. The summed E-state index contributed by atoms with van der Waals surface area (Å²) >= 11 is 7.55. The maximum absolute atomic E-state index is 11.9. The molecule has 1 aromatic carbocycles. The molecule has 0 unspecified atom stereocenters. The second kappa shape index (κ2) is 7.99. The number of anilines is 1. The first-order valence-corrected chi connectivity index (χ1v) is 8.20. The van der Waals surface area contributed by atoms with Crippen LogP contribution in [0.25, 0.3) is 6.08 Å². The molecular weight excluding hydrogens is 336 g/mol. The molecule has 0 spiro atoms. The van der Waals surface area contributed by atoms with E-state index in [1.165, 1.54) is 24.5 Å². The molecule has 1 heterocycles. The summed E-state index contributed by atoms with van der Waals surface area (Å²) in [7, 11) is 1.53. The molecule has 0 fully saturated rings. The van der Waals surface area contributed by atoms with E-state index in [1.807, 2.05) is 19.2 Å². The zero-order valence-electron chi connectivity index (χ0n) is 13.1. The highest BCUT2D eigenvalue weighted by molar-refractivity contribution is 7.13. The van der Waals surface area contributed by atoms with E-state index in [-0.39, 0.29) is 5.91 Å². The van der Waals surface area contributed by atoms with Crippen LogP contribution in [-0.4, -0.2) is 24.6 Å². The number of methoxy groups -OCH3 is 1. The Labute approximate surface area is 143 Å². The molecule has 1 amide bonds. The number of halogens is 1. The number of carbonyl (C=O) groups excluding carboxylic acids is 1. The molecule has 0 radical (unpaired) electrons. The minimum absolute atomic E-state index is 0.260. The number of rotatable bonds is 6. The number of benzene rings is 1. The molecule has 0 aliphatic rings. The summed E-state index contributed by atoms with van der Waals surface area (Å²) in [5.74, 6) is 0.760. The lowest BCUT2D eigenvalue weighted by Gasteiger charge is -2.11. The number of amides is 1. The summed E-state index contributed by atoms with van der Waals surface area (Å²) in [5, 5.41) is 5.57. The van der Waals surface area contributed by atoms with Crippen LogP contribution in [0.3, 0.4) is 0 Å². The molecule has 0 saturated heterocycles. The standard InChI is InChI=1S/C16H17ClN2O3S/c1-4-22-13-8-11(7-12(17)15(13)21-3)5-6-14(20)19-16-18-10(2)9-23-16/h5-9H,4H2,1-3H3,(H,18,19,20)/b6-5+. The van der Waals surface area contributed by atoms with Crippen molar-refractivity contribution in [2.24, 2.45) is 0 Å². The van der Waals surface area contributed by atoms with Crippen molar-refractivity contribution in [3.8, 4) is 11.5 Å². The van der Waals surface area contributed by atoms with Crippen molar-refractivity contribution >= 4 is 40.1 Å². The molecule has 7 heteroatoms. The monoisotopic (exact) mass is 352 g/mol. The third-order valence-corrected chi connectivity index (χ3v) is 3.97. The third-order valence-electron chi connectivity index (χ3n) is 2.81. The fourth-order valence-electron chi connectivity index (χ4n) is 1.88. The Morgan fingerprint density at radius 2 is 2.26 bits per heavy atom. The maximum Gasteiger partial charge on any atom is 0.250 e. The van der Waals surface area contributed by atoms with Gasteiger partial charge in [0.25, 0.3) is 0 Å². The lowest BCUT2D eigenvalue weighted by molar-refractivity contribution is -0.111. The SMILES string of the molecule is CCOc1cc(/C=C/C(=O)Nc2nc(C)cs2)cc(Cl)c1OC. The van der Waals surface area contributed by atoms with Crippen LogP contribution in [0.4, 0.5) is 5.13 Å². The molecule has 1 N–H and O–H groups in total. The van der Waals surface area contributed by atoms with Crippen molar-refractivity contribution in [3.05, 3.63) is 39.9 Å². The predicted octanol–water partition coefficient (Wildman–Crippen LogP) is 4.16. The molecule has 0 atom stereocenters. The van der Waals surface area contributed by atoms with Crippen molar-refractivity contribution in [1.82, 2.24) is 4.98 Å². The molecule has 0 aliphatic carbocycles. The van der Waals surface area contributed by atoms with Crippen molar-refractivity contribution < 1.29 is 14.3 Å². The van der Waals surface area contributed by atoms with Gasteiger partial charge in [0.2, 0.25) is 5.91 Å². The molecular formula is C16H17ClN2O3S. The van der Waals surface area contributed by atoms with Crippen LogP contribution in [0, 0.1) is 6.92 Å². The highest BCUT2D eigenvalue weighted by Gasteiger charge is 2.10. The summed E-state index contributed by atoms with van der Waals surface area (Å²) in [5.41, 5.74) is 1.61.